The average molecular weight is 552 g/mol. The maximum Gasteiger partial charge on any atom is 0.416 e. The van der Waals surface area contributed by atoms with Crippen LogP contribution in [0.15, 0.2) is 60.9 Å². The highest BCUT2D eigenvalue weighted by atomic mass is 19.4. The van der Waals surface area contributed by atoms with Gasteiger partial charge in [0.15, 0.2) is 0 Å². The van der Waals surface area contributed by atoms with Crippen LogP contribution in [0.2, 0.25) is 0 Å². The number of nitrogens with zero attached hydrogens (tertiary/aromatic N) is 5. The molecule has 0 saturated heterocycles. The van der Waals surface area contributed by atoms with Gasteiger partial charge in [0.05, 0.1) is 16.8 Å². The SMILES string of the molecule is C[C@H](O)C(=O)N1CC=C(c2nc(-c3ccc(C(=O)Nc4cc(C(F)(F)F)ccn4)cc3)n3c(N)nccc23)CC1. The van der Waals surface area contributed by atoms with Crippen LogP contribution in [-0.4, -0.2) is 60.4 Å². The fourth-order valence-corrected chi connectivity index (χ4v) is 4.47. The lowest BCUT2D eigenvalue weighted by Gasteiger charge is -2.27. The number of alkyl halides is 3. The standard InChI is InChI=1S/C27H24F3N7O3/c1-15(38)25(40)36-12-8-16(9-13-36)22-20-7-11-33-26(31)37(20)23(35-22)17-2-4-18(5-3-17)24(39)34-21-14-19(6-10-32-21)27(28,29)30/h2-8,10-11,14-15,38H,9,12-13H2,1H3,(H2,31,33)(H,32,34,39)/t15-/m0/s1. The summed E-state index contributed by atoms with van der Waals surface area (Å²) in [5, 5.41) is 12.0. The van der Waals surface area contributed by atoms with E-state index in [4.69, 9.17) is 10.7 Å². The van der Waals surface area contributed by atoms with Crippen molar-refractivity contribution in [1.82, 2.24) is 24.3 Å². The van der Waals surface area contributed by atoms with E-state index in [9.17, 15) is 27.9 Å². The summed E-state index contributed by atoms with van der Waals surface area (Å²) in [7, 11) is 0. The van der Waals surface area contributed by atoms with Gasteiger partial charge in [-0.1, -0.05) is 18.2 Å². The van der Waals surface area contributed by atoms with E-state index in [0.29, 0.717) is 42.1 Å². The topological polar surface area (TPSA) is 139 Å². The van der Waals surface area contributed by atoms with E-state index in [-0.39, 0.29) is 23.2 Å². The van der Waals surface area contributed by atoms with Crippen LogP contribution in [-0.2, 0) is 11.0 Å². The van der Waals surface area contributed by atoms with E-state index in [1.165, 1.54) is 19.1 Å². The van der Waals surface area contributed by atoms with Crippen LogP contribution in [0.4, 0.5) is 24.9 Å². The number of carbonyl (C=O) groups excluding carboxylic acids is 2. The lowest BCUT2D eigenvalue weighted by Crippen LogP contribution is -2.40. The highest BCUT2D eigenvalue weighted by Gasteiger charge is 2.31. The number of hydrogen-bond donors (Lipinski definition) is 3. The van der Waals surface area contributed by atoms with Crippen molar-refractivity contribution in [1.29, 1.82) is 0 Å². The Kier molecular flexibility index (Phi) is 6.98. The Balaban J connectivity index is 1.42. The van der Waals surface area contributed by atoms with E-state index >= 15 is 0 Å². The van der Waals surface area contributed by atoms with Gasteiger partial charge in [-0.15, -0.1) is 0 Å². The normalized spacial score (nSPS) is 14.6. The summed E-state index contributed by atoms with van der Waals surface area (Å²) in [5.74, 6) is -0.512. The lowest BCUT2D eigenvalue weighted by atomic mass is 10.0. The number of carbonyl (C=O) groups is 2. The van der Waals surface area contributed by atoms with Gasteiger partial charge in [0.2, 0.25) is 5.95 Å². The Labute approximate surface area is 226 Å². The molecular formula is C27H24F3N7O3. The van der Waals surface area contributed by atoms with Crippen LogP contribution in [0.3, 0.4) is 0 Å². The quantitative estimate of drug-likeness (QED) is 0.344. The highest BCUT2D eigenvalue weighted by molar-refractivity contribution is 6.04. The Bertz CT molecular complexity index is 1630. The van der Waals surface area contributed by atoms with Crippen molar-refractivity contribution in [2.75, 3.05) is 24.1 Å². The molecule has 10 nitrogen and oxygen atoms in total. The van der Waals surface area contributed by atoms with E-state index in [1.54, 1.807) is 33.7 Å². The molecule has 1 aromatic carbocycles. The van der Waals surface area contributed by atoms with Crippen molar-refractivity contribution in [3.63, 3.8) is 0 Å². The summed E-state index contributed by atoms with van der Waals surface area (Å²) in [5.41, 5.74) is 8.40. The van der Waals surface area contributed by atoms with Gasteiger partial charge in [0.25, 0.3) is 11.8 Å². The van der Waals surface area contributed by atoms with Crippen LogP contribution < -0.4 is 11.1 Å². The summed E-state index contributed by atoms with van der Waals surface area (Å²) in [6.45, 7) is 2.19. The molecule has 1 aliphatic rings. The second-order valence-electron chi connectivity index (χ2n) is 9.21. The van der Waals surface area contributed by atoms with E-state index in [1.807, 2.05) is 6.08 Å². The third kappa shape index (κ3) is 5.23. The molecule has 0 aliphatic carbocycles. The van der Waals surface area contributed by atoms with Crippen molar-refractivity contribution >= 4 is 34.7 Å². The number of hydrogen-bond acceptors (Lipinski definition) is 7. The number of nitrogens with two attached hydrogens (primary N) is 1. The van der Waals surface area contributed by atoms with E-state index in [2.05, 4.69) is 15.3 Å². The second kappa shape index (κ2) is 10.4. The molecule has 4 heterocycles. The Hall–Kier alpha value is -4.78. The summed E-state index contributed by atoms with van der Waals surface area (Å²) < 4.78 is 40.6. The van der Waals surface area contributed by atoms with E-state index in [0.717, 1.165) is 23.9 Å². The van der Waals surface area contributed by atoms with Gasteiger partial charge >= 0.3 is 6.18 Å². The molecule has 4 N–H and O–H groups in total. The molecular weight excluding hydrogens is 527 g/mol. The summed E-state index contributed by atoms with van der Waals surface area (Å²) >= 11 is 0. The minimum atomic E-state index is -4.56. The molecule has 13 heteroatoms. The van der Waals surface area contributed by atoms with Crippen LogP contribution in [0.25, 0.3) is 22.5 Å². The number of aliphatic hydroxyl groups excluding tert-OH is 1. The first-order chi connectivity index (χ1) is 19.0. The first-order valence-electron chi connectivity index (χ1n) is 12.3. The number of nitrogens with one attached hydrogen (secondary N) is 1. The van der Waals surface area contributed by atoms with Gasteiger partial charge in [0, 0.05) is 36.6 Å². The van der Waals surface area contributed by atoms with E-state index < -0.39 is 23.8 Å². The van der Waals surface area contributed by atoms with Crippen LogP contribution >= 0.6 is 0 Å². The van der Waals surface area contributed by atoms with Gasteiger partial charge in [-0.05, 0) is 49.2 Å². The van der Waals surface area contributed by atoms with Crippen LogP contribution in [0.1, 0.15) is 35.0 Å². The average Bonchev–Trinajstić information content (AvgIpc) is 3.33. The Morgan fingerprint density at radius 1 is 1.10 bits per heavy atom. The Morgan fingerprint density at radius 3 is 2.48 bits per heavy atom. The van der Waals surface area contributed by atoms with Crippen molar-refractivity contribution < 1.29 is 27.9 Å². The number of imidazole rings is 1. The molecule has 0 spiro atoms. The number of anilines is 2. The van der Waals surface area contributed by atoms with Gasteiger partial charge in [0.1, 0.15) is 17.7 Å². The molecule has 0 unspecified atom stereocenters. The first-order valence-corrected chi connectivity index (χ1v) is 12.3. The van der Waals surface area contributed by atoms with Gasteiger partial charge in [-0.3, -0.25) is 14.0 Å². The zero-order valence-electron chi connectivity index (χ0n) is 21.2. The molecule has 1 aliphatic heterocycles. The highest BCUT2D eigenvalue weighted by Crippen LogP contribution is 2.32. The number of benzene rings is 1. The predicted octanol–water partition coefficient (Wildman–Crippen LogP) is 3.64. The lowest BCUT2D eigenvalue weighted by molar-refractivity contribution is -0.139. The van der Waals surface area contributed by atoms with Gasteiger partial charge in [-0.25, -0.2) is 15.0 Å². The maximum absolute atomic E-state index is 13.0. The molecule has 0 radical (unpaired) electrons. The smallest absolute Gasteiger partial charge is 0.384 e. The monoisotopic (exact) mass is 551 g/mol. The van der Waals surface area contributed by atoms with Crippen molar-refractivity contribution in [3.8, 4) is 11.4 Å². The molecule has 206 valence electrons. The molecule has 0 bridgehead atoms. The molecule has 1 atom stereocenters. The third-order valence-corrected chi connectivity index (χ3v) is 6.50. The molecule has 0 saturated carbocycles. The predicted molar refractivity (Wildman–Crippen MR) is 141 cm³/mol. The number of aliphatic hydroxyl groups is 1. The van der Waals surface area contributed by atoms with Crippen molar-refractivity contribution in [2.45, 2.75) is 25.6 Å². The zero-order chi connectivity index (χ0) is 28.6. The van der Waals surface area contributed by atoms with Crippen LogP contribution in [0, 0.1) is 0 Å². The fraction of sp³-hybridized carbons (Fsp3) is 0.222. The minimum absolute atomic E-state index is 0.200. The maximum atomic E-state index is 13.0. The molecule has 0 fully saturated rings. The number of pyridine rings is 1. The minimum Gasteiger partial charge on any atom is -0.384 e. The second-order valence-corrected chi connectivity index (χ2v) is 9.21. The molecule has 3 aromatic heterocycles. The molecule has 2 amide bonds. The number of aromatic nitrogens is 4. The zero-order valence-corrected chi connectivity index (χ0v) is 21.2. The van der Waals surface area contributed by atoms with Gasteiger partial charge < -0.3 is 21.1 Å². The summed E-state index contributed by atoms with van der Waals surface area (Å²) in [6, 6.07) is 9.70. The third-order valence-electron chi connectivity index (χ3n) is 6.50. The molecule has 40 heavy (non-hydrogen) atoms. The number of rotatable bonds is 5. The number of halogens is 3. The van der Waals surface area contributed by atoms with Crippen molar-refractivity contribution in [3.05, 3.63) is 77.8 Å². The fourth-order valence-electron chi connectivity index (χ4n) is 4.47. The molecule has 4 aromatic rings. The molecule has 5 rings (SSSR count). The first kappa shape index (κ1) is 26.8. The van der Waals surface area contributed by atoms with Crippen LogP contribution in [0.5, 0.6) is 0 Å². The van der Waals surface area contributed by atoms with Gasteiger partial charge in [-0.2, -0.15) is 13.2 Å². The number of amides is 2. The van der Waals surface area contributed by atoms with Crippen molar-refractivity contribution in [2.24, 2.45) is 0 Å². The summed E-state index contributed by atoms with van der Waals surface area (Å²) in [6.07, 6.45) is -0.675. The Morgan fingerprint density at radius 2 is 1.82 bits per heavy atom. The largest absolute Gasteiger partial charge is 0.416 e. The summed E-state index contributed by atoms with van der Waals surface area (Å²) in [4.78, 5) is 39.2. The number of nitrogen functional groups attached to an aromatic ring is 1. The number of fused-ring (bicyclic) bond motifs is 1.